The van der Waals surface area contributed by atoms with Crippen molar-refractivity contribution in [3.8, 4) is 0 Å². The first-order valence-corrected chi connectivity index (χ1v) is 7.73. The smallest absolute Gasteiger partial charge is 0.151 e. The van der Waals surface area contributed by atoms with Crippen molar-refractivity contribution in [2.75, 3.05) is 41.4 Å². The molecule has 94 valence electrons. The van der Waals surface area contributed by atoms with Crippen LogP contribution in [0.4, 0.5) is 11.4 Å². The molecule has 1 aliphatic heterocycles. The first-order chi connectivity index (χ1) is 8.12. The van der Waals surface area contributed by atoms with E-state index in [9.17, 15) is 8.42 Å². The van der Waals surface area contributed by atoms with E-state index in [0.717, 1.165) is 24.5 Å². The number of sulfone groups is 1. The van der Waals surface area contributed by atoms with E-state index >= 15 is 0 Å². The predicted molar refractivity (Wildman–Crippen MR) is 71.5 cm³/mol. The van der Waals surface area contributed by atoms with Crippen molar-refractivity contribution in [1.29, 1.82) is 0 Å². The zero-order valence-electron chi connectivity index (χ0n) is 10.0. The van der Waals surface area contributed by atoms with Crippen molar-refractivity contribution in [1.82, 2.24) is 0 Å². The maximum atomic E-state index is 11.5. The summed E-state index contributed by atoms with van der Waals surface area (Å²) < 4.78 is 23.0. The second-order valence-electron chi connectivity index (χ2n) is 4.17. The van der Waals surface area contributed by atoms with Gasteiger partial charge >= 0.3 is 0 Å². The van der Waals surface area contributed by atoms with Gasteiger partial charge in [-0.05, 0) is 12.1 Å². The number of para-hydroxylation sites is 2. The molecule has 0 aliphatic carbocycles. The van der Waals surface area contributed by atoms with Gasteiger partial charge in [-0.25, -0.2) is 8.42 Å². The van der Waals surface area contributed by atoms with Crippen LogP contribution in [0.3, 0.4) is 0 Å². The standard InChI is InChI=1S/C12H18N2O2S/c1-2-17(15,16)10-9-14-8-7-13-11-5-3-4-6-12(11)14/h3-6,13H,2,7-10H2,1H3. The molecule has 0 radical (unpaired) electrons. The average Bonchev–Trinajstić information content (AvgIpc) is 2.36. The molecule has 1 aromatic carbocycles. The summed E-state index contributed by atoms with van der Waals surface area (Å²) in [6.07, 6.45) is 0. The molecule has 0 unspecified atom stereocenters. The number of nitrogens with zero attached hydrogens (tertiary/aromatic N) is 1. The van der Waals surface area contributed by atoms with Crippen LogP contribution in [0.2, 0.25) is 0 Å². The minimum absolute atomic E-state index is 0.223. The highest BCUT2D eigenvalue weighted by atomic mass is 32.2. The first-order valence-electron chi connectivity index (χ1n) is 5.90. The van der Waals surface area contributed by atoms with E-state index in [-0.39, 0.29) is 11.5 Å². The summed E-state index contributed by atoms with van der Waals surface area (Å²) in [4.78, 5) is 2.14. The Morgan fingerprint density at radius 2 is 2.12 bits per heavy atom. The van der Waals surface area contributed by atoms with E-state index in [0.29, 0.717) is 6.54 Å². The van der Waals surface area contributed by atoms with E-state index in [1.165, 1.54) is 0 Å². The lowest BCUT2D eigenvalue weighted by Gasteiger charge is -2.31. The molecule has 0 fully saturated rings. The van der Waals surface area contributed by atoms with E-state index in [4.69, 9.17) is 0 Å². The lowest BCUT2D eigenvalue weighted by Crippen LogP contribution is -2.37. The highest BCUT2D eigenvalue weighted by Gasteiger charge is 2.17. The Bertz CT molecular complexity index is 485. The summed E-state index contributed by atoms with van der Waals surface area (Å²) in [6, 6.07) is 8.02. The molecule has 0 amide bonds. The Hall–Kier alpha value is -1.23. The zero-order chi connectivity index (χ0) is 12.3. The lowest BCUT2D eigenvalue weighted by atomic mass is 10.2. The maximum Gasteiger partial charge on any atom is 0.151 e. The highest BCUT2D eigenvalue weighted by molar-refractivity contribution is 7.91. The van der Waals surface area contributed by atoms with Crippen molar-refractivity contribution in [2.24, 2.45) is 0 Å². The number of nitrogens with one attached hydrogen (secondary N) is 1. The molecule has 5 heteroatoms. The summed E-state index contributed by atoms with van der Waals surface area (Å²) in [6.45, 7) is 4.00. The topological polar surface area (TPSA) is 49.4 Å². The predicted octanol–water partition coefficient (Wildman–Crippen LogP) is 1.35. The summed E-state index contributed by atoms with van der Waals surface area (Å²) in [5.74, 6) is 0.457. The highest BCUT2D eigenvalue weighted by Crippen LogP contribution is 2.27. The molecule has 0 saturated heterocycles. The minimum atomic E-state index is -2.88. The van der Waals surface area contributed by atoms with Crippen molar-refractivity contribution in [3.05, 3.63) is 24.3 Å². The van der Waals surface area contributed by atoms with Gasteiger partial charge in [-0.15, -0.1) is 0 Å². The summed E-state index contributed by atoms with van der Waals surface area (Å²) in [5, 5.41) is 3.31. The summed E-state index contributed by atoms with van der Waals surface area (Å²) >= 11 is 0. The van der Waals surface area contributed by atoms with Crippen LogP contribution in [0.5, 0.6) is 0 Å². The Balaban J connectivity index is 2.09. The fraction of sp³-hybridized carbons (Fsp3) is 0.500. The van der Waals surface area contributed by atoms with E-state index in [1.807, 2.05) is 24.3 Å². The van der Waals surface area contributed by atoms with Crippen LogP contribution in [0.25, 0.3) is 0 Å². The molecule has 1 aromatic rings. The van der Waals surface area contributed by atoms with Gasteiger partial charge in [0.15, 0.2) is 9.84 Å². The number of hydrogen-bond donors (Lipinski definition) is 1. The molecule has 1 heterocycles. The largest absolute Gasteiger partial charge is 0.382 e. The molecule has 0 saturated carbocycles. The molecular weight excluding hydrogens is 236 g/mol. The van der Waals surface area contributed by atoms with Crippen LogP contribution in [0.1, 0.15) is 6.92 Å². The molecule has 0 bridgehead atoms. The monoisotopic (exact) mass is 254 g/mol. The van der Waals surface area contributed by atoms with Crippen molar-refractivity contribution in [2.45, 2.75) is 6.92 Å². The third kappa shape index (κ3) is 2.91. The number of rotatable bonds is 4. The van der Waals surface area contributed by atoms with E-state index < -0.39 is 9.84 Å². The van der Waals surface area contributed by atoms with Gasteiger partial charge in [0.25, 0.3) is 0 Å². The summed E-state index contributed by atoms with van der Waals surface area (Å²) in [7, 11) is -2.88. The van der Waals surface area contributed by atoms with Crippen molar-refractivity contribution < 1.29 is 8.42 Å². The maximum absolute atomic E-state index is 11.5. The fourth-order valence-electron chi connectivity index (χ4n) is 1.97. The average molecular weight is 254 g/mol. The quantitative estimate of drug-likeness (QED) is 0.881. The Kier molecular flexibility index (Phi) is 3.57. The van der Waals surface area contributed by atoms with Gasteiger partial charge in [0, 0.05) is 25.4 Å². The van der Waals surface area contributed by atoms with Gasteiger partial charge < -0.3 is 10.2 Å². The minimum Gasteiger partial charge on any atom is -0.382 e. The number of hydrogen-bond acceptors (Lipinski definition) is 4. The van der Waals surface area contributed by atoms with Crippen molar-refractivity contribution in [3.63, 3.8) is 0 Å². The molecule has 0 spiro atoms. The van der Waals surface area contributed by atoms with Crippen LogP contribution < -0.4 is 10.2 Å². The third-order valence-electron chi connectivity index (χ3n) is 3.05. The molecule has 0 atom stereocenters. The van der Waals surface area contributed by atoms with Gasteiger partial charge in [-0.2, -0.15) is 0 Å². The summed E-state index contributed by atoms with van der Waals surface area (Å²) in [5.41, 5.74) is 2.19. The third-order valence-corrected chi connectivity index (χ3v) is 4.74. The Morgan fingerprint density at radius 1 is 1.35 bits per heavy atom. The van der Waals surface area contributed by atoms with Crippen LogP contribution in [-0.2, 0) is 9.84 Å². The van der Waals surface area contributed by atoms with Crippen LogP contribution >= 0.6 is 0 Å². The number of benzene rings is 1. The molecular formula is C12H18N2O2S. The molecule has 1 aliphatic rings. The lowest BCUT2D eigenvalue weighted by molar-refractivity contribution is 0.595. The van der Waals surface area contributed by atoms with Gasteiger partial charge in [0.05, 0.1) is 17.1 Å². The fourth-order valence-corrected chi connectivity index (χ4v) is 2.76. The van der Waals surface area contributed by atoms with Crippen LogP contribution in [0.15, 0.2) is 24.3 Å². The number of anilines is 2. The van der Waals surface area contributed by atoms with Gasteiger partial charge in [0.1, 0.15) is 0 Å². The molecule has 17 heavy (non-hydrogen) atoms. The van der Waals surface area contributed by atoms with Crippen LogP contribution in [-0.4, -0.2) is 39.6 Å². The van der Waals surface area contributed by atoms with E-state index in [2.05, 4.69) is 10.2 Å². The molecule has 0 aromatic heterocycles. The van der Waals surface area contributed by atoms with Gasteiger partial charge in [-0.1, -0.05) is 19.1 Å². The molecule has 4 nitrogen and oxygen atoms in total. The second kappa shape index (κ2) is 4.96. The van der Waals surface area contributed by atoms with E-state index in [1.54, 1.807) is 6.92 Å². The van der Waals surface area contributed by atoms with Crippen LogP contribution in [0, 0.1) is 0 Å². The Morgan fingerprint density at radius 3 is 2.88 bits per heavy atom. The second-order valence-corrected chi connectivity index (χ2v) is 6.64. The van der Waals surface area contributed by atoms with Gasteiger partial charge in [0.2, 0.25) is 0 Å². The molecule has 2 rings (SSSR count). The normalized spacial score (nSPS) is 15.2. The molecule has 1 N–H and O–H groups in total. The SMILES string of the molecule is CCS(=O)(=O)CCN1CCNc2ccccc21. The number of fused-ring (bicyclic) bond motifs is 1. The van der Waals surface area contributed by atoms with Crippen molar-refractivity contribution >= 4 is 21.2 Å². The first kappa shape index (κ1) is 12.2. The van der Waals surface area contributed by atoms with Gasteiger partial charge in [-0.3, -0.25) is 0 Å². The zero-order valence-corrected chi connectivity index (χ0v) is 10.8. The Labute approximate surface area is 103 Å².